The number of thiazole rings is 1. The monoisotopic (exact) mass is 396 g/mol. The van der Waals surface area contributed by atoms with Crippen LogP contribution >= 0.6 is 22.9 Å². The van der Waals surface area contributed by atoms with Crippen LogP contribution in [0.25, 0.3) is 10.2 Å². The van der Waals surface area contributed by atoms with Crippen molar-refractivity contribution in [3.8, 4) is 0 Å². The van der Waals surface area contributed by atoms with E-state index in [2.05, 4.69) is 4.72 Å². The summed E-state index contributed by atoms with van der Waals surface area (Å²) >= 11 is 6.99. The van der Waals surface area contributed by atoms with E-state index in [1.54, 1.807) is 41.8 Å². The van der Waals surface area contributed by atoms with Gasteiger partial charge in [0.05, 0.1) is 20.8 Å². The summed E-state index contributed by atoms with van der Waals surface area (Å²) in [7, 11) is -3.74. The smallest absolute Gasteiger partial charge is 0.296 e. The Kier molecular flexibility index (Phi) is 4.66. The fourth-order valence-electron chi connectivity index (χ4n) is 2.71. The molecule has 8 heteroatoms. The lowest BCUT2D eigenvalue weighted by molar-refractivity contribution is 0.600. The van der Waals surface area contributed by atoms with Crippen LogP contribution in [0.2, 0.25) is 5.02 Å². The molecule has 0 bridgehead atoms. The molecule has 0 saturated carbocycles. The van der Waals surface area contributed by atoms with Crippen LogP contribution in [0.4, 0.5) is 5.69 Å². The highest BCUT2D eigenvalue weighted by Crippen LogP contribution is 2.27. The lowest BCUT2D eigenvalue weighted by atomic mass is 10.2. The average Bonchev–Trinajstić information content (AvgIpc) is 2.81. The highest BCUT2D eigenvalue weighted by molar-refractivity contribution is 7.92. The first-order chi connectivity index (χ1) is 11.7. The zero-order valence-electron chi connectivity index (χ0n) is 13.9. The summed E-state index contributed by atoms with van der Waals surface area (Å²) in [5.41, 5.74) is 1.78. The van der Waals surface area contributed by atoms with Gasteiger partial charge in [-0.05, 0) is 62.7 Å². The number of nitrogens with one attached hydrogen (secondary N) is 1. The average molecular weight is 397 g/mol. The Morgan fingerprint density at radius 3 is 2.52 bits per heavy atom. The second-order valence-corrected chi connectivity index (χ2v) is 9.11. The SMILES string of the molecule is Cc1cc(Cl)ccc1S(=O)(=O)Nc1ccc2c(c1)sc(=O)n2C(C)C. The van der Waals surface area contributed by atoms with Gasteiger partial charge in [-0.2, -0.15) is 0 Å². The Morgan fingerprint density at radius 1 is 1.16 bits per heavy atom. The summed E-state index contributed by atoms with van der Waals surface area (Å²) in [6, 6.07) is 9.78. The van der Waals surface area contributed by atoms with Gasteiger partial charge in [0.2, 0.25) is 0 Å². The molecule has 0 aliphatic rings. The predicted octanol–water partition coefficient (Wildman–Crippen LogP) is 4.41. The number of sulfonamides is 1. The summed E-state index contributed by atoms with van der Waals surface area (Å²) in [5.74, 6) is 0. The lowest BCUT2D eigenvalue weighted by Crippen LogP contribution is -2.15. The Bertz CT molecular complexity index is 1110. The van der Waals surface area contributed by atoms with Crippen molar-refractivity contribution in [1.82, 2.24) is 4.57 Å². The van der Waals surface area contributed by atoms with Crippen LogP contribution in [0.1, 0.15) is 25.5 Å². The molecule has 5 nitrogen and oxygen atoms in total. The maximum Gasteiger partial charge on any atom is 0.308 e. The number of hydrogen-bond acceptors (Lipinski definition) is 4. The van der Waals surface area contributed by atoms with E-state index in [1.165, 1.54) is 6.07 Å². The third kappa shape index (κ3) is 3.44. The molecule has 0 aliphatic carbocycles. The molecule has 0 atom stereocenters. The molecule has 25 heavy (non-hydrogen) atoms. The molecule has 2 aromatic carbocycles. The normalized spacial score (nSPS) is 12.0. The van der Waals surface area contributed by atoms with Gasteiger partial charge >= 0.3 is 4.87 Å². The van der Waals surface area contributed by atoms with E-state index in [1.807, 2.05) is 13.8 Å². The van der Waals surface area contributed by atoms with Crippen molar-refractivity contribution >= 4 is 48.9 Å². The molecule has 3 rings (SSSR count). The van der Waals surface area contributed by atoms with Crippen molar-refractivity contribution in [3.63, 3.8) is 0 Å². The van der Waals surface area contributed by atoms with Crippen molar-refractivity contribution in [1.29, 1.82) is 0 Å². The highest BCUT2D eigenvalue weighted by Gasteiger charge is 2.18. The first-order valence-electron chi connectivity index (χ1n) is 7.63. The third-order valence-electron chi connectivity index (χ3n) is 3.81. The molecule has 0 fully saturated rings. The van der Waals surface area contributed by atoms with Gasteiger partial charge in [0, 0.05) is 11.1 Å². The Hall–Kier alpha value is -1.83. The molecule has 0 radical (unpaired) electrons. The first-order valence-corrected chi connectivity index (χ1v) is 10.3. The molecule has 0 amide bonds. The van der Waals surface area contributed by atoms with Gasteiger partial charge in [-0.3, -0.25) is 14.1 Å². The van der Waals surface area contributed by atoms with Crippen LogP contribution in [-0.4, -0.2) is 13.0 Å². The molecule has 132 valence electrons. The summed E-state index contributed by atoms with van der Waals surface area (Å²) in [6.07, 6.45) is 0. The van der Waals surface area contributed by atoms with E-state index >= 15 is 0 Å². The van der Waals surface area contributed by atoms with Crippen LogP contribution in [0, 0.1) is 6.92 Å². The van der Waals surface area contributed by atoms with Crippen molar-refractivity contribution in [2.45, 2.75) is 31.7 Å². The third-order valence-corrected chi connectivity index (χ3v) is 6.50. The largest absolute Gasteiger partial charge is 0.308 e. The minimum Gasteiger partial charge on any atom is -0.296 e. The van der Waals surface area contributed by atoms with Gasteiger partial charge in [0.15, 0.2) is 0 Å². The van der Waals surface area contributed by atoms with Gasteiger partial charge in [0.1, 0.15) is 0 Å². The molecule has 0 unspecified atom stereocenters. The molecule has 1 aromatic heterocycles. The fraction of sp³-hybridized carbons (Fsp3) is 0.235. The highest BCUT2D eigenvalue weighted by atomic mass is 35.5. The minimum absolute atomic E-state index is 0.0421. The summed E-state index contributed by atoms with van der Waals surface area (Å²) < 4.78 is 30.3. The molecular formula is C17H17ClN2O3S2. The number of rotatable bonds is 4. The molecule has 1 heterocycles. The van der Waals surface area contributed by atoms with Crippen LogP contribution in [0.5, 0.6) is 0 Å². The van der Waals surface area contributed by atoms with Crippen LogP contribution in [0.3, 0.4) is 0 Å². The standard InChI is InChI=1S/C17H17ClN2O3S2/c1-10(2)20-14-6-5-13(9-15(14)24-17(20)21)19-25(22,23)16-7-4-12(18)8-11(16)3/h4-10,19H,1-3H3. The van der Waals surface area contributed by atoms with Crippen LogP contribution in [0.15, 0.2) is 46.1 Å². The second kappa shape index (κ2) is 6.48. The Balaban J connectivity index is 2.01. The Morgan fingerprint density at radius 2 is 1.88 bits per heavy atom. The van der Waals surface area contributed by atoms with Crippen molar-refractivity contribution in [2.75, 3.05) is 4.72 Å². The fourth-order valence-corrected chi connectivity index (χ4v) is 5.27. The maximum absolute atomic E-state index is 12.6. The number of hydrogen-bond donors (Lipinski definition) is 1. The summed E-state index contributed by atoms with van der Waals surface area (Å²) in [5, 5.41) is 0.484. The Labute approximate surface area is 154 Å². The number of nitrogens with zero attached hydrogens (tertiary/aromatic N) is 1. The number of aryl methyl sites for hydroxylation is 1. The van der Waals surface area contributed by atoms with Crippen molar-refractivity contribution in [3.05, 3.63) is 56.7 Å². The van der Waals surface area contributed by atoms with Crippen molar-refractivity contribution in [2.24, 2.45) is 0 Å². The van der Waals surface area contributed by atoms with Gasteiger partial charge in [0.25, 0.3) is 10.0 Å². The predicted molar refractivity (Wildman–Crippen MR) is 103 cm³/mol. The molecule has 0 spiro atoms. The van der Waals surface area contributed by atoms with E-state index in [0.29, 0.717) is 16.3 Å². The van der Waals surface area contributed by atoms with E-state index in [0.717, 1.165) is 21.6 Å². The van der Waals surface area contributed by atoms with Gasteiger partial charge in [-0.15, -0.1) is 0 Å². The van der Waals surface area contributed by atoms with E-state index < -0.39 is 10.0 Å². The lowest BCUT2D eigenvalue weighted by Gasteiger charge is -2.11. The topological polar surface area (TPSA) is 68.2 Å². The molecular weight excluding hydrogens is 380 g/mol. The van der Waals surface area contributed by atoms with Crippen LogP contribution < -0.4 is 9.60 Å². The van der Waals surface area contributed by atoms with E-state index in [4.69, 9.17) is 11.6 Å². The number of anilines is 1. The second-order valence-electron chi connectivity index (χ2n) is 6.03. The van der Waals surface area contributed by atoms with Gasteiger partial charge in [-0.1, -0.05) is 22.9 Å². The summed E-state index contributed by atoms with van der Waals surface area (Å²) in [6.45, 7) is 5.57. The molecule has 1 N–H and O–H groups in total. The molecule has 0 aliphatic heterocycles. The first kappa shape index (κ1) is 18.0. The number of halogens is 1. The minimum atomic E-state index is -3.74. The molecule has 0 saturated heterocycles. The van der Waals surface area contributed by atoms with Gasteiger partial charge in [-0.25, -0.2) is 8.42 Å². The quantitative estimate of drug-likeness (QED) is 0.710. The van der Waals surface area contributed by atoms with Crippen molar-refractivity contribution < 1.29 is 8.42 Å². The number of aromatic nitrogens is 1. The van der Waals surface area contributed by atoms with Gasteiger partial charge < -0.3 is 0 Å². The number of fused-ring (bicyclic) bond motifs is 1. The van der Waals surface area contributed by atoms with E-state index in [9.17, 15) is 13.2 Å². The molecule has 3 aromatic rings. The van der Waals surface area contributed by atoms with E-state index in [-0.39, 0.29) is 15.8 Å². The zero-order valence-corrected chi connectivity index (χ0v) is 16.3. The number of benzene rings is 2. The zero-order chi connectivity index (χ0) is 18.4. The van der Waals surface area contributed by atoms with Crippen LogP contribution in [-0.2, 0) is 10.0 Å². The maximum atomic E-state index is 12.6. The summed E-state index contributed by atoms with van der Waals surface area (Å²) in [4.78, 5) is 12.2.